The van der Waals surface area contributed by atoms with Crippen molar-refractivity contribution in [2.24, 2.45) is 0 Å². The van der Waals surface area contributed by atoms with Crippen molar-refractivity contribution >= 4 is 39.5 Å². The molecule has 88 valence electrons. The summed E-state index contributed by atoms with van der Waals surface area (Å²) >= 11 is 5.49. The van der Waals surface area contributed by atoms with Gasteiger partial charge in [0.1, 0.15) is 5.82 Å². The molecule has 16 heavy (non-hydrogen) atoms. The molecular formula is C10H15BrN4S. The molecule has 0 bridgehead atoms. The van der Waals surface area contributed by atoms with Crippen LogP contribution in [0.3, 0.4) is 0 Å². The van der Waals surface area contributed by atoms with Crippen molar-refractivity contribution in [2.75, 3.05) is 29.2 Å². The first-order valence-corrected chi connectivity index (χ1v) is 7.29. The predicted molar refractivity (Wildman–Crippen MR) is 73.2 cm³/mol. The molecule has 0 spiro atoms. The monoisotopic (exact) mass is 302 g/mol. The molecule has 1 saturated heterocycles. The summed E-state index contributed by atoms with van der Waals surface area (Å²) in [5.74, 6) is 4.01. The molecule has 0 radical (unpaired) electrons. The largest absolute Gasteiger partial charge is 0.366 e. The first kappa shape index (κ1) is 12.0. The fraction of sp³-hybridized carbons (Fsp3) is 0.600. The van der Waals surface area contributed by atoms with Gasteiger partial charge >= 0.3 is 0 Å². The number of hydrogen-bond acceptors (Lipinski definition) is 5. The fourth-order valence-corrected chi connectivity index (χ4v) is 3.04. The Balaban J connectivity index is 2.06. The molecule has 2 heterocycles. The van der Waals surface area contributed by atoms with E-state index in [9.17, 15) is 0 Å². The molecule has 4 nitrogen and oxygen atoms in total. The highest BCUT2D eigenvalue weighted by Crippen LogP contribution is 2.25. The van der Waals surface area contributed by atoms with Gasteiger partial charge in [-0.2, -0.15) is 16.7 Å². The average molecular weight is 303 g/mol. The summed E-state index contributed by atoms with van der Waals surface area (Å²) in [5, 5.41) is 6.42. The van der Waals surface area contributed by atoms with Crippen LogP contribution in [-0.2, 0) is 0 Å². The van der Waals surface area contributed by atoms with Gasteiger partial charge in [0.25, 0.3) is 0 Å². The van der Waals surface area contributed by atoms with Crippen molar-refractivity contribution in [3.05, 3.63) is 10.7 Å². The van der Waals surface area contributed by atoms with Gasteiger partial charge < -0.3 is 10.6 Å². The minimum absolute atomic E-state index is 0.539. The fourth-order valence-electron chi connectivity index (χ4n) is 1.62. The second-order valence-electron chi connectivity index (χ2n) is 3.67. The van der Waals surface area contributed by atoms with Crippen LogP contribution in [0.1, 0.15) is 12.8 Å². The molecule has 1 aromatic heterocycles. The summed E-state index contributed by atoms with van der Waals surface area (Å²) in [5.41, 5.74) is 0. The summed E-state index contributed by atoms with van der Waals surface area (Å²) in [7, 11) is 1.82. The Morgan fingerprint density at radius 2 is 2.19 bits per heavy atom. The second kappa shape index (κ2) is 5.72. The van der Waals surface area contributed by atoms with Gasteiger partial charge in [0.2, 0.25) is 5.95 Å². The molecule has 0 atom stereocenters. The molecule has 1 aliphatic rings. The lowest BCUT2D eigenvalue weighted by molar-refractivity contribution is 0.663. The van der Waals surface area contributed by atoms with Crippen LogP contribution in [0.25, 0.3) is 0 Å². The van der Waals surface area contributed by atoms with E-state index in [2.05, 4.69) is 36.5 Å². The molecule has 2 N–H and O–H groups in total. The molecule has 0 amide bonds. The maximum absolute atomic E-state index is 4.40. The van der Waals surface area contributed by atoms with Crippen molar-refractivity contribution in [3.63, 3.8) is 0 Å². The topological polar surface area (TPSA) is 49.8 Å². The van der Waals surface area contributed by atoms with Crippen molar-refractivity contribution in [1.82, 2.24) is 9.97 Å². The Morgan fingerprint density at radius 3 is 2.88 bits per heavy atom. The maximum atomic E-state index is 4.40. The van der Waals surface area contributed by atoms with Crippen molar-refractivity contribution < 1.29 is 0 Å². The van der Waals surface area contributed by atoms with Crippen LogP contribution in [-0.4, -0.2) is 34.6 Å². The number of thioether (sulfide) groups is 1. The number of hydrogen-bond donors (Lipinski definition) is 2. The van der Waals surface area contributed by atoms with Crippen molar-refractivity contribution in [1.29, 1.82) is 0 Å². The zero-order valence-corrected chi connectivity index (χ0v) is 11.6. The van der Waals surface area contributed by atoms with E-state index in [1.807, 2.05) is 18.8 Å². The average Bonchev–Trinajstić information content (AvgIpc) is 2.33. The van der Waals surface area contributed by atoms with E-state index in [4.69, 9.17) is 0 Å². The van der Waals surface area contributed by atoms with Crippen LogP contribution in [0.4, 0.5) is 11.8 Å². The van der Waals surface area contributed by atoms with Gasteiger partial charge in [-0.3, -0.25) is 0 Å². The van der Waals surface area contributed by atoms with Gasteiger partial charge in [-0.05, 0) is 40.3 Å². The lowest BCUT2D eigenvalue weighted by atomic mass is 10.1. The molecule has 6 heteroatoms. The van der Waals surface area contributed by atoms with Crippen LogP contribution in [0.15, 0.2) is 10.7 Å². The minimum Gasteiger partial charge on any atom is -0.366 e. The van der Waals surface area contributed by atoms with E-state index in [1.165, 1.54) is 24.3 Å². The molecule has 1 aromatic rings. The highest BCUT2D eigenvalue weighted by molar-refractivity contribution is 9.10. The van der Waals surface area contributed by atoms with Gasteiger partial charge in [-0.1, -0.05) is 0 Å². The molecule has 1 aliphatic heterocycles. The van der Waals surface area contributed by atoms with Crippen molar-refractivity contribution in [3.8, 4) is 0 Å². The Bertz CT molecular complexity index is 355. The Kier molecular flexibility index (Phi) is 4.29. The molecule has 0 unspecified atom stereocenters. The van der Waals surface area contributed by atoms with Crippen LogP contribution in [0.5, 0.6) is 0 Å². The van der Waals surface area contributed by atoms with E-state index in [0.717, 1.165) is 10.3 Å². The van der Waals surface area contributed by atoms with Crippen molar-refractivity contribution in [2.45, 2.75) is 18.9 Å². The van der Waals surface area contributed by atoms with Gasteiger partial charge in [-0.25, -0.2) is 4.98 Å². The third-order valence-electron chi connectivity index (χ3n) is 2.53. The quantitative estimate of drug-likeness (QED) is 0.899. The first-order chi connectivity index (χ1) is 7.79. The summed E-state index contributed by atoms with van der Waals surface area (Å²) in [6.45, 7) is 0. The van der Waals surface area contributed by atoms with Crippen LogP contribution in [0.2, 0.25) is 0 Å². The molecule has 0 aliphatic carbocycles. The lowest BCUT2D eigenvalue weighted by Crippen LogP contribution is -2.25. The van der Waals surface area contributed by atoms with Crippen LogP contribution in [0, 0.1) is 0 Å². The first-order valence-electron chi connectivity index (χ1n) is 5.34. The number of aromatic nitrogens is 2. The zero-order valence-electron chi connectivity index (χ0n) is 9.16. The molecule has 2 rings (SSSR count). The van der Waals surface area contributed by atoms with Gasteiger partial charge in [0.05, 0.1) is 4.47 Å². The summed E-state index contributed by atoms with van der Waals surface area (Å²) in [6, 6.07) is 0.539. The molecule has 0 saturated carbocycles. The number of nitrogens with one attached hydrogen (secondary N) is 2. The van der Waals surface area contributed by atoms with E-state index in [0.29, 0.717) is 12.0 Å². The highest BCUT2D eigenvalue weighted by atomic mass is 79.9. The Hall–Kier alpha value is -0.490. The number of anilines is 2. The van der Waals surface area contributed by atoms with E-state index in [-0.39, 0.29) is 0 Å². The second-order valence-corrected chi connectivity index (χ2v) is 5.75. The third-order valence-corrected chi connectivity index (χ3v) is 4.16. The molecule has 0 aromatic carbocycles. The maximum Gasteiger partial charge on any atom is 0.224 e. The van der Waals surface area contributed by atoms with Gasteiger partial charge in [0, 0.05) is 19.3 Å². The predicted octanol–water partition coefficient (Wildman–Crippen LogP) is 2.59. The molecule has 1 fully saturated rings. The zero-order chi connectivity index (χ0) is 11.4. The van der Waals surface area contributed by atoms with Gasteiger partial charge in [-0.15, -0.1) is 0 Å². The number of rotatable bonds is 3. The smallest absolute Gasteiger partial charge is 0.224 e. The summed E-state index contributed by atoms with van der Waals surface area (Å²) in [6.07, 6.45) is 4.19. The minimum atomic E-state index is 0.539. The third kappa shape index (κ3) is 3.01. The number of nitrogens with zero attached hydrogens (tertiary/aromatic N) is 2. The lowest BCUT2D eigenvalue weighted by Gasteiger charge is -2.23. The highest BCUT2D eigenvalue weighted by Gasteiger charge is 2.15. The molecular weight excluding hydrogens is 288 g/mol. The number of halogens is 1. The summed E-state index contributed by atoms with van der Waals surface area (Å²) in [4.78, 5) is 8.54. The van der Waals surface area contributed by atoms with Gasteiger partial charge in [0.15, 0.2) is 0 Å². The summed E-state index contributed by atoms with van der Waals surface area (Å²) < 4.78 is 0.921. The van der Waals surface area contributed by atoms with Crippen LogP contribution >= 0.6 is 27.7 Å². The van der Waals surface area contributed by atoms with Crippen LogP contribution < -0.4 is 10.6 Å². The standard InChI is InChI=1S/C10H15BrN4S/c1-12-10-13-6-8(11)9(15-10)14-7-2-4-16-5-3-7/h6-7H,2-5H2,1H3,(H2,12,13,14,15). The Labute approximate surface area is 108 Å². The SMILES string of the molecule is CNc1ncc(Br)c(NC2CCSCC2)n1. The van der Waals surface area contributed by atoms with E-state index < -0.39 is 0 Å². The van der Waals surface area contributed by atoms with E-state index >= 15 is 0 Å². The Morgan fingerprint density at radius 1 is 1.44 bits per heavy atom. The van der Waals surface area contributed by atoms with E-state index in [1.54, 1.807) is 6.20 Å². The normalized spacial score (nSPS) is 17.1.